The zero-order valence-corrected chi connectivity index (χ0v) is 7.13. The molecular weight excluding hydrogens is 182 g/mol. The average Bonchev–Trinajstić information content (AvgIpc) is 2.01. The summed E-state index contributed by atoms with van der Waals surface area (Å²) in [6.45, 7) is 4.44. The van der Waals surface area contributed by atoms with Gasteiger partial charge in [-0.1, -0.05) is 6.58 Å². The maximum Gasteiger partial charge on any atom is 0.330 e. The van der Waals surface area contributed by atoms with Crippen molar-refractivity contribution in [1.29, 1.82) is 0 Å². The molecule has 3 nitrogen and oxygen atoms in total. The molecule has 0 aliphatic carbocycles. The van der Waals surface area contributed by atoms with Gasteiger partial charge in [0.2, 0.25) is 6.36 Å². The molecule has 1 rings (SSSR count). The summed E-state index contributed by atoms with van der Waals surface area (Å²) in [4.78, 5) is 10.6. The molecule has 74 valence electrons. The molecule has 0 saturated carbocycles. The van der Waals surface area contributed by atoms with Crippen LogP contribution in [-0.4, -0.2) is 24.3 Å². The summed E-state index contributed by atoms with van der Waals surface area (Å²) in [5.41, 5.74) is 0. The molecule has 0 aromatic rings. The molecule has 1 fully saturated rings. The summed E-state index contributed by atoms with van der Waals surface area (Å²) in [6, 6.07) is 0. The van der Waals surface area contributed by atoms with E-state index in [1.54, 1.807) is 0 Å². The minimum Gasteiger partial charge on any atom is -0.453 e. The molecule has 1 saturated heterocycles. The van der Waals surface area contributed by atoms with Gasteiger partial charge in [0.1, 0.15) is 0 Å². The normalized spacial score (nSPS) is 34.5. The van der Waals surface area contributed by atoms with E-state index in [0.29, 0.717) is 0 Å². The third-order valence-corrected chi connectivity index (χ3v) is 1.83. The van der Waals surface area contributed by atoms with Crippen molar-refractivity contribution in [2.75, 3.05) is 0 Å². The second kappa shape index (κ2) is 3.41. The zero-order valence-electron chi connectivity index (χ0n) is 7.13. The van der Waals surface area contributed by atoms with Gasteiger partial charge in [0.15, 0.2) is 6.10 Å². The first-order chi connectivity index (χ1) is 5.98. The Morgan fingerprint density at radius 1 is 1.92 bits per heavy atom. The Morgan fingerprint density at radius 3 is 2.85 bits per heavy atom. The molecule has 1 aliphatic rings. The number of ether oxygens (including phenoxy) is 2. The Morgan fingerprint density at radius 2 is 2.46 bits per heavy atom. The van der Waals surface area contributed by atoms with E-state index in [4.69, 9.17) is 0 Å². The first-order valence-corrected chi connectivity index (χ1v) is 3.82. The van der Waals surface area contributed by atoms with Gasteiger partial charge in [-0.05, 0) is 6.92 Å². The van der Waals surface area contributed by atoms with E-state index in [1.165, 1.54) is 6.92 Å². The van der Waals surface area contributed by atoms with Crippen LogP contribution in [0.25, 0.3) is 0 Å². The maximum atomic E-state index is 13.3. The standard InChI is InChI=1S/C8H10F2O3/c1-3-7(11)12-5(2)8(10)4-6(9)13-8/h3,5-6H,1,4H2,2H3. The van der Waals surface area contributed by atoms with Crippen molar-refractivity contribution in [2.45, 2.75) is 31.7 Å². The summed E-state index contributed by atoms with van der Waals surface area (Å²) in [7, 11) is 0. The maximum absolute atomic E-state index is 13.3. The Hall–Kier alpha value is -0.970. The Labute approximate surface area is 74.3 Å². The van der Waals surface area contributed by atoms with E-state index in [2.05, 4.69) is 16.1 Å². The highest BCUT2D eigenvalue weighted by Crippen LogP contribution is 2.38. The lowest BCUT2D eigenvalue weighted by atomic mass is 10.0. The van der Waals surface area contributed by atoms with Crippen LogP contribution in [0, 0.1) is 0 Å². The minimum absolute atomic E-state index is 0.404. The van der Waals surface area contributed by atoms with Gasteiger partial charge in [0.25, 0.3) is 5.85 Å². The monoisotopic (exact) mass is 192 g/mol. The molecule has 0 amide bonds. The molecule has 0 aromatic carbocycles. The van der Waals surface area contributed by atoms with E-state index < -0.39 is 30.7 Å². The second-order valence-electron chi connectivity index (χ2n) is 2.80. The Bertz CT molecular complexity index is 223. The summed E-state index contributed by atoms with van der Waals surface area (Å²) >= 11 is 0. The van der Waals surface area contributed by atoms with Crippen molar-refractivity contribution >= 4 is 5.97 Å². The minimum atomic E-state index is -2.18. The highest BCUT2D eigenvalue weighted by atomic mass is 19.2. The first-order valence-electron chi connectivity index (χ1n) is 3.82. The van der Waals surface area contributed by atoms with Gasteiger partial charge in [0, 0.05) is 6.08 Å². The summed E-state index contributed by atoms with van der Waals surface area (Å²) < 4.78 is 34.2. The molecule has 3 unspecified atom stereocenters. The molecule has 0 N–H and O–H groups in total. The smallest absolute Gasteiger partial charge is 0.330 e. The predicted molar refractivity (Wildman–Crippen MR) is 40.2 cm³/mol. The molecule has 1 heterocycles. The van der Waals surface area contributed by atoms with Gasteiger partial charge < -0.3 is 9.47 Å². The third kappa shape index (κ3) is 2.03. The van der Waals surface area contributed by atoms with Crippen LogP contribution >= 0.6 is 0 Å². The molecule has 0 radical (unpaired) electrons. The fraction of sp³-hybridized carbons (Fsp3) is 0.625. The number of halogens is 2. The number of hydrogen-bond acceptors (Lipinski definition) is 3. The molecule has 0 aromatic heterocycles. The van der Waals surface area contributed by atoms with Crippen LogP contribution in [0.1, 0.15) is 13.3 Å². The number of alkyl halides is 2. The summed E-state index contributed by atoms with van der Waals surface area (Å²) in [5.74, 6) is -2.94. The lowest BCUT2D eigenvalue weighted by Crippen LogP contribution is -2.53. The fourth-order valence-electron chi connectivity index (χ4n) is 0.994. The number of carbonyl (C=O) groups excluding carboxylic acids is 1. The number of carbonyl (C=O) groups is 1. The Kier molecular flexibility index (Phi) is 2.66. The molecule has 13 heavy (non-hydrogen) atoms. The van der Waals surface area contributed by atoms with E-state index >= 15 is 0 Å². The average molecular weight is 192 g/mol. The number of esters is 1. The van der Waals surface area contributed by atoms with Crippen LogP contribution in [0.15, 0.2) is 12.7 Å². The zero-order chi connectivity index (χ0) is 10.1. The largest absolute Gasteiger partial charge is 0.453 e. The van der Waals surface area contributed by atoms with Crippen molar-refractivity contribution in [2.24, 2.45) is 0 Å². The van der Waals surface area contributed by atoms with Crippen molar-refractivity contribution in [1.82, 2.24) is 0 Å². The van der Waals surface area contributed by atoms with Crippen LogP contribution in [0.3, 0.4) is 0 Å². The lowest BCUT2D eigenvalue weighted by Gasteiger charge is -2.40. The summed E-state index contributed by atoms with van der Waals surface area (Å²) in [5, 5.41) is 0. The first kappa shape index (κ1) is 10.1. The van der Waals surface area contributed by atoms with Gasteiger partial charge >= 0.3 is 5.97 Å². The molecule has 0 spiro atoms. The third-order valence-electron chi connectivity index (χ3n) is 1.83. The van der Waals surface area contributed by atoms with Crippen LogP contribution in [0.5, 0.6) is 0 Å². The lowest BCUT2D eigenvalue weighted by molar-refractivity contribution is -0.349. The summed E-state index contributed by atoms with van der Waals surface area (Å²) in [6.07, 6.45) is -2.22. The Balaban J connectivity index is 2.43. The molecule has 0 bridgehead atoms. The molecule has 3 atom stereocenters. The van der Waals surface area contributed by atoms with Crippen LogP contribution < -0.4 is 0 Å². The van der Waals surface area contributed by atoms with Gasteiger partial charge in [-0.15, -0.1) is 0 Å². The van der Waals surface area contributed by atoms with Crippen molar-refractivity contribution in [3.63, 3.8) is 0 Å². The van der Waals surface area contributed by atoms with Crippen molar-refractivity contribution in [3.8, 4) is 0 Å². The van der Waals surface area contributed by atoms with Crippen molar-refractivity contribution in [3.05, 3.63) is 12.7 Å². The fourth-order valence-corrected chi connectivity index (χ4v) is 0.994. The highest BCUT2D eigenvalue weighted by molar-refractivity contribution is 5.81. The van der Waals surface area contributed by atoms with E-state index in [-0.39, 0.29) is 0 Å². The number of hydrogen-bond donors (Lipinski definition) is 0. The van der Waals surface area contributed by atoms with E-state index in [0.717, 1.165) is 6.08 Å². The highest BCUT2D eigenvalue weighted by Gasteiger charge is 2.52. The van der Waals surface area contributed by atoms with Gasteiger partial charge in [0.05, 0.1) is 6.42 Å². The van der Waals surface area contributed by atoms with Gasteiger partial charge in [-0.2, -0.15) is 0 Å². The quantitative estimate of drug-likeness (QED) is 0.502. The van der Waals surface area contributed by atoms with Crippen LogP contribution in [-0.2, 0) is 14.3 Å². The molecule has 1 aliphatic heterocycles. The topological polar surface area (TPSA) is 35.5 Å². The predicted octanol–water partition coefficient (Wildman–Crippen LogP) is 1.49. The van der Waals surface area contributed by atoms with Crippen molar-refractivity contribution < 1.29 is 23.0 Å². The van der Waals surface area contributed by atoms with Gasteiger partial charge in [-0.3, -0.25) is 0 Å². The van der Waals surface area contributed by atoms with E-state index in [1.807, 2.05) is 0 Å². The van der Waals surface area contributed by atoms with Crippen LogP contribution in [0.2, 0.25) is 0 Å². The molecular formula is C8H10F2O3. The van der Waals surface area contributed by atoms with E-state index in [9.17, 15) is 13.6 Å². The molecule has 5 heteroatoms. The second-order valence-corrected chi connectivity index (χ2v) is 2.80. The van der Waals surface area contributed by atoms with Gasteiger partial charge in [-0.25, -0.2) is 13.6 Å². The SMILES string of the molecule is C=CC(=O)OC(C)C1(F)CC(F)O1. The number of rotatable bonds is 3. The van der Waals surface area contributed by atoms with Crippen LogP contribution in [0.4, 0.5) is 8.78 Å².